The molecule has 0 aliphatic heterocycles. The number of hydrogen-bond donors (Lipinski definition) is 2. The van der Waals surface area contributed by atoms with Gasteiger partial charge in [0.25, 0.3) is 0 Å². The molecule has 84 valence electrons. The minimum Gasteiger partial charge on any atom is -0.481 e. The maximum Gasteiger partial charge on any atom is 0.332 e. The van der Waals surface area contributed by atoms with Crippen molar-refractivity contribution in [3.63, 3.8) is 0 Å². The summed E-state index contributed by atoms with van der Waals surface area (Å²) in [6.07, 6.45) is 0.722. The lowest BCUT2D eigenvalue weighted by Crippen LogP contribution is -2.06. The second-order valence-corrected chi connectivity index (χ2v) is 3.47. The van der Waals surface area contributed by atoms with Crippen molar-refractivity contribution < 1.29 is 19.8 Å². The third-order valence-electron chi connectivity index (χ3n) is 1.85. The highest BCUT2D eigenvalue weighted by Crippen LogP contribution is 2.19. The van der Waals surface area contributed by atoms with E-state index in [0.717, 1.165) is 0 Å². The minimum absolute atomic E-state index is 0.208. The monoisotopic (exact) mass is 240 g/mol. The summed E-state index contributed by atoms with van der Waals surface area (Å²) in [4.78, 5) is 21.2. The molecule has 0 unspecified atom stereocenters. The summed E-state index contributed by atoms with van der Waals surface area (Å²) >= 11 is 5.82. The van der Waals surface area contributed by atoms with Gasteiger partial charge in [-0.1, -0.05) is 29.8 Å². The Balaban J connectivity index is 3.07. The van der Waals surface area contributed by atoms with Crippen LogP contribution in [-0.2, 0) is 9.59 Å². The van der Waals surface area contributed by atoms with E-state index in [2.05, 4.69) is 0 Å². The van der Waals surface area contributed by atoms with Crippen molar-refractivity contribution in [2.75, 3.05) is 0 Å². The number of carboxylic acids is 2. The van der Waals surface area contributed by atoms with Gasteiger partial charge >= 0.3 is 11.9 Å². The predicted octanol–water partition coefficient (Wildman–Crippen LogP) is 2.28. The van der Waals surface area contributed by atoms with E-state index in [9.17, 15) is 9.59 Å². The first-order chi connectivity index (χ1) is 7.50. The zero-order chi connectivity index (χ0) is 12.1. The van der Waals surface area contributed by atoms with Crippen molar-refractivity contribution in [3.05, 3.63) is 40.4 Å². The minimum atomic E-state index is -1.26. The summed E-state index contributed by atoms with van der Waals surface area (Å²) < 4.78 is 0. The molecule has 16 heavy (non-hydrogen) atoms. The molecule has 0 spiro atoms. The molecule has 0 radical (unpaired) electrons. The molecule has 0 aliphatic rings. The van der Waals surface area contributed by atoms with E-state index in [4.69, 9.17) is 21.8 Å². The third-order valence-corrected chi connectivity index (χ3v) is 2.20. The van der Waals surface area contributed by atoms with Gasteiger partial charge in [-0.2, -0.15) is 0 Å². The molecule has 0 atom stereocenters. The topological polar surface area (TPSA) is 74.6 Å². The molecular weight excluding hydrogens is 232 g/mol. The Hall–Kier alpha value is -1.81. The standard InChI is InChI=1S/C11H9ClO4/c12-9-4-2-1-3-7(9)5-8(11(15)16)6-10(13)14/h1-5H,6H2,(H,13,14)(H,15,16)/b8-5-. The maximum atomic E-state index is 10.8. The van der Waals surface area contributed by atoms with Crippen molar-refractivity contribution in [1.82, 2.24) is 0 Å². The van der Waals surface area contributed by atoms with Gasteiger partial charge in [0.15, 0.2) is 0 Å². The lowest BCUT2D eigenvalue weighted by atomic mass is 10.1. The quantitative estimate of drug-likeness (QED) is 0.792. The van der Waals surface area contributed by atoms with E-state index in [1.54, 1.807) is 24.3 Å². The molecule has 0 bridgehead atoms. The molecule has 1 aromatic rings. The Morgan fingerprint density at radius 2 is 1.88 bits per heavy atom. The Kier molecular flexibility index (Phi) is 4.08. The molecule has 0 aliphatic carbocycles. The van der Waals surface area contributed by atoms with E-state index in [-0.39, 0.29) is 5.57 Å². The fraction of sp³-hybridized carbons (Fsp3) is 0.0909. The van der Waals surface area contributed by atoms with Gasteiger partial charge < -0.3 is 10.2 Å². The predicted molar refractivity (Wildman–Crippen MR) is 59.3 cm³/mol. The zero-order valence-electron chi connectivity index (χ0n) is 8.18. The number of benzene rings is 1. The van der Waals surface area contributed by atoms with Crippen LogP contribution in [0.3, 0.4) is 0 Å². The van der Waals surface area contributed by atoms with E-state index in [0.29, 0.717) is 10.6 Å². The molecule has 0 saturated heterocycles. The van der Waals surface area contributed by atoms with Crippen LogP contribution >= 0.6 is 11.6 Å². The first kappa shape index (κ1) is 12.3. The van der Waals surface area contributed by atoms with Gasteiger partial charge in [-0.05, 0) is 17.7 Å². The smallest absolute Gasteiger partial charge is 0.332 e. The number of halogens is 1. The molecule has 0 amide bonds. The average molecular weight is 241 g/mol. The normalized spacial score (nSPS) is 11.2. The Morgan fingerprint density at radius 1 is 1.25 bits per heavy atom. The largest absolute Gasteiger partial charge is 0.481 e. The van der Waals surface area contributed by atoms with Crippen molar-refractivity contribution in [2.24, 2.45) is 0 Å². The lowest BCUT2D eigenvalue weighted by molar-refractivity contribution is -0.139. The van der Waals surface area contributed by atoms with Crippen LogP contribution < -0.4 is 0 Å². The molecule has 1 rings (SSSR count). The van der Waals surface area contributed by atoms with E-state index in [1.165, 1.54) is 6.08 Å². The molecular formula is C11H9ClO4. The molecule has 0 heterocycles. The van der Waals surface area contributed by atoms with Gasteiger partial charge in [-0.25, -0.2) is 4.79 Å². The average Bonchev–Trinajstić information content (AvgIpc) is 2.19. The summed E-state index contributed by atoms with van der Waals surface area (Å²) in [5.41, 5.74) is 0.281. The molecule has 5 heteroatoms. The fourth-order valence-electron chi connectivity index (χ4n) is 1.13. The molecule has 0 aromatic heterocycles. The third kappa shape index (κ3) is 3.40. The molecule has 0 saturated carbocycles. The van der Waals surface area contributed by atoms with Crippen LogP contribution in [0.2, 0.25) is 5.02 Å². The summed E-state index contributed by atoms with van der Waals surface area (Å²) in [6.45, 7) is 0. The highest BCUT2D eigenvalue weighted by molar-refractivity contribution is 6.32. The zero-order valence-corrected chi connectivity index (χ0v) is 8.94. The summed E-state index contributed by atoms with van der Waals surface area (Å²) in [6, 6.07) is 6.62. The van der Waals surface area contributed by atoms with Gasteiger partial charge in [0, 0.05) is 10.6 Å². The second kappa shape index (κ2) is 5.32. The first-order valence-corrected chi connectivity index (χ1v) is 4.78. The van der Waals surface area contributed by atoms with Crippen molar-refractivity contribution in [2.45, 2.75) is 6.42 Å². The van der Waals surface area contributed by atoms with Crippen LogP contribution in [-0.4, -0.2) is 22.2 Å². The molecule has 1 aromatic carbocycles. The van der Waals surface area contributed by atoms with Crippen molar-refractivity contribution in [3.8, 4) is 0 Å². The van der Waals surface area contributed by atoms with E-state index < -0.39 is 18.4 Å². The van der Waals surface area contributed by atoms with Crippen LogP contribution in [0.15, 0.2) is 29.8 Å². The van der Waals surface area contributed by atoms with Crippen LogP contribution in [0, 0.1) is 0 Å². The summed E-state index contributed by atoms with van der Waals surface area (Å²) in [5.74, 6) is -2.46. The fourth-order valence-corrected chi connectivity index (χ4v) is 1.32. The molecule has 0 fully saturated rings. The highest BCUT2D eigenvalue weighted by Gasteiger charge is 2.12. The Bertz CT molecular complexity index is 451. The Morgan fingerprint density at radius 3 is 2.38 bits per heavy atom. The van der Waals surface area contributed by atoms with E-state index >= 15 is 0 Å². The first-order valence-electron chi connectivity index (χ1n) is 4.41. The van der Waals surface area contributed by atoms with Gasteiger partial charge in [0.05, 0.1) is 6.42 Å². The number of rotatable bonds is 4. The number of hydrogen-bond acceptors (Lipinski definition) is 2. The van der Waals surface area contributed by atoms with Crippen molar-refractivity contribution in [1.29, 1.82) is 0 Å². The maximum absolute atomic E-state index is 10.8. The van der Waals surface area contributed by atoms with Crippen LogP contribution in [0.1, 0.15) is 12.0 Å². The second-order valence-electron chi connectivity index (χ2n) is 3.07. The SMILES string of the molecule is O=C(O)C/C(=C/c1ccccc1Cl)C(=O)O. The van der Waals surface area contributed by atoms with Crippen LogP contribution in [0.25, 0.3) is 6.08 Å². The molecule has 2 N–H and O–H groups in total. The van der Waals surface area contributed by atoms with Crippen LogP contribution in [0.5, 0.6) is 0 Å². The number of aliphatic carboxylic acids is 2. The van der Waals surface area contributed by atoms with Gasteiger partial charge in [0.2, 0.25) is 0 Å². The number of carbonyl (C=O) groups is 2. The summed E-state index contributed by atoms with van der Waals surface area (Å²) in [5, 5.41) is 17.7. The van der Waals surface area contributed by atoms with Gasteiger partial charge in [-0.15, -0.1) is 0 Å². The lowest BCUT2D eigenvalue weighted by Gasteiger charge is -2.01. The Labute approximate surface area is 96.8 Å². The number of carboxylic acid groups (broad SMARTS) is 2. The van der Waals surface area contributed by atoms with Crippen molar-refractivity contribution >= 4 is 29.6 Å². The highest BCUT2D eigenvalue weighted by atomic mass is 35.5. The van der Waals surface area contributed by atoms with Gasteiger partial charge in [0.1, 0.15) is 0 Å². The van der Waals surface area contributed by atoms with Crippen LogP contribution in [0.4, 0.5) is 0 Å². The van der Waals surface area contributed by atoms with Gasteiger partial charge in [-0.3, -0.25) is 4.79 Å². The van der Waals surface area contributed by atoms with E-state index in [1.807, 2.05) is 0 Å². The molecule has 4 nitrogen and oxygen atoms in total. The summed E-state index contributed by atoms with van der Waals surface area (Å²) in [7, 11) is 0.